The molecule has 0 heterocycles. The van der Waals surface area contributed by atoms with Crippen LogP contribution in [0, 0.1) is 29.6 Å². The molecule has 2 unspecified atom stereocenters. The van der Waals surface area contributed by atoms with Gasteiger partial charge in [0.05, 0.1) is 0 Å². The summed E-state index contributed by atoms with van der Waals surface area (Å²) in [4.78, 5) is 0. The molecule has 0 spiro atoms. The molecule has 0 N–H and O–H groups in total. The molecular formula is C13H28. The van der Waals surface area contributed by atoms with Gasteiger partial charge in [0.2, 0.25) is 0 Å². The third kappa shape index (κ3) is 3.70. The zero-order valence-electron chi connectivity index (χ0n) is 10.6. The van der Waals surface area contributed by atoms with Crippen molar-refractivity contribution in [2.75, 3.05) is 0 Å². The molecule has 0 radical (unpaired) electrons. The molecule has 80 valence electrons. The Bertz CT molecular complexity index is 116. The lowest BCUT2D eigenvalue weighted by Crippen LogP contribution is -2.27. The van der Waals surface area contributed by atoms with Crippen molar-refractivity contribution in [1.82, 2.24) is 0 Å². The van der Waals surface area contributed by atoms with E-state index < -0.39 is 0 Å². The summed E-state index contributed by atoms with van der Waals surface area (Å²) < 4.78 is 0. The molecular weight excluding hydrogens is 156 g/mol. The average molecular weight is 184 g/mol. The zero-order chi connectivity index (χ0) is 10.6. The predicted octanol–water partition coefficient (Wildman–Crippen LogP) is 4.60. The summed E-state index contributed by atoms with van der Waals surface area (Å²) in [6.45, 7) is 16.6. The Morgan fingerprint density at radius 1 is 0.769 bits per heavy atom. The normalized spacial score (nSPS) is 17.1. The van der Waals surface area contributed by atoms with Crippen LogP contribution < -0.4 is 0 Å². The van der Waals surface area contributed by atoms with Crippen LogP contribution >= 0.6 is 0 Å². The molecule has 0 amide bonds. The highest BCUT2D eigenvalue weighted by atomic mass is 14.3. The second-order valence-electron chi connectivity index (χ2n) is 5.31. The Kier molecular flexibility index (Phi) is 5.67. The van der Waals surface area contributed by atoms with E-state index in [1.807, 2.05) is 0 Å². The Morgan fingerprint density at radius 3 is 1.38 bits per heavy atom. The van der Waals surface area contributed by atoms with Gasteiger partial charge in [-0.3, -0.25) is 0 Å². The molecule has 0 aliphatic rings. The zero-order valence-corrected chi connectivity index (χ0v) is 10.6. The van der Waals surface area contributed by atoms with Crippen LogP contribution in [0.15, 0.2) is 0 Å². The molecule has 0 nitrogen and oxygen atoms in total. The van der Waals surface area contributed by atoms with Crippen molar-refractivity contribution < 1.29 is 0 Å². The molecule has 0 saturated heterocycles. The lowest BCUT2D eigenvalue weighted by atomic mass is 9.71. The maximum Gasteiger partial charge on any atom is -0.0340 e. The summed E-state index contributed by atoms with van der Waals surface area (Å²) in [5.41, 5.74) is 0. The molecule has 0 aliphatic carbocycles. The van der Waals surface area contributed by atoms with Crippen LogP contribution in [-0.4, -0.2) is 0 Å². The fourth-order valence-electron chi connectivity index (χ4n) is 2.74. The van der Waals surface area contributed by atoms with Crippen molar-refractivity contribution in [1.29, 1.82) is 0 Å². The van der Waals surface area contributed by atoms with E-state index in [2.05, 4.69) is 48.5 Å². The molecule has 0 saturated carbocycles. The van der Waals surface area contributed by atoms with E-state index >= 15 is 0 Å². The molecule has 0 heteroatoms. The highest BCUT2D eigenvalue weighted by molar-refractivity contribution is 4.75. The van der Waals surface area contributed by atoms with Crippen molar-refractivity contribution in [3.63, 3.8) is 0 Å². The third-order valence-corrected chi connectivity index (χ3v) is 3.69. The Labute approximate surface area is 85.1 Å². The second kappa shape index (κ2) is 5.67. The van der Waals surface area contributed by atoms with Crippen molar-refractivity contribution >= 4 is 0 Å². The first-order chi connectivity index (χ1) is 5.91. The molecule has 0 rings (SSSR count). The number of hydrogen-bond donors (Lipinski definition) is 0. The average Bonchev–Trinajstić information content (AvgIpc) is 2.01. The molecule has 0 aromatic rings. The van der Waals surface area contributed by atoms with Gasteiger partial charge in [-0.05, 0) is 29.6 Å². The second-order valence-corrected chi connectivity index (χ2v) is 5.31. The number of hydrogen-bond acceptors (Lipinski definition) is 0. The third-order valence-electron chi connectivity index (χ3n) is 3.69. The van der Waals surface area contributed by atoms with Gasteiger partial charge in [0.25, 0.3) is 0 Å². The molecule has 0 bridgehead atoms. The molecule has 0 aliphatic heterocycles. The minimum atomic E-state index is 0.823. The van der Waals surface area contributed by atoms with Crippen molar-refractivity contribution in [3.8, 4) is 0 Å². The van der Waals surface area contributed by atoms with E-state index in [1.165, 1.54) is 6.42 Å². The quantitative estimate of drug-likeness (QED) is 0.586. The summed E-state index contributed by atoms with van der Waals surface area (Å²) in [5.74, 6) is 4.27. The maximum absolute atomic E-state index is 2.43. The van der Waals surface area contributed by atoms with Gasteiger partial charge in [-0.25, -0.2) is 0 Å². The van der Waals surface area contributed by atoms with Gasteiger partial charge in [0, 0.05) is 0 Å². The lowest BCUT2D eigenvalue weighted by Gasteiger charge is -2.34. The SMILES string of the molecule is CCC(C)C(C)C(C(C)C)C(C)C. The first kappa shape index (κ1) is 13.0. The molecule has 2 atom stereocenters. The summed E-state index contributed by atoms with van der Waals surface area (Å²) >= 11 is 0. The van der Waals surface area contributed by atoms with E-state index in [4.69, 9.17) is 0 Å². The van der Waals surface area contributed by atoms with Crippen LogP contribution in [0.5, 0.6) is 0 Å². The lowest BCUT2D eigenvalue weighted by molar-refractivity contribution is 0.148. The van der Waals surface area contributed by atoms with Gasteiger partial charge in [-0.1, -0.05) is 54.9 Å². The van der Waals surface area contributed by atoms with Gasteiger partial charge >= 0.3 is 0 Å². The van der Waals surface area contributed by atoms with Gasteiger partial charge in [-0.15, -0.1) is 0 Å². The van der Waals surface area contributed by atoms with Gasteiger partial charge < -0.3 is 0 Å². The minimum Gasteiger partial charge on any atom is -0.0651 e. The Balaban J connectivity index is 4.36. The van der Waals surface area contributed by atoms with Crippen LogP contribution in [0.25, 0.3) is 0 Å². The van der Waals surface area contributed by atoms with Crippen molar-refractivity contribution in [2.24, 2.45) is 29.6 Å². The van der Waals surface area contributed by atoms with E-state index in [0.29, 0.717) is 0 Å². The maximum atomic E-state index is 2.43. The largest absolute Gasteiger partial charge is 0.0651 e. The fourth-order valence-corrected chi connectivity index (χ4v) is 2.74. The van der Waals surface area contributed by atoms with E-state index in [1.54, 1.807) is 0 Å². The summed E-state index contributed by atoms with van der Waals surface area (Å²) in [5, 5.41) is 0. The monoisotopic (exact) mass is 184 g/mol. The topological polar surface area (TPSA) is 0 Å². The van der Waals surface area contributed by atoms with E-state index in [0.717, 1.165) is 29.6 Å². The summed E-state index contributed by atoms with van der Waals surface area (Å²) in [6, 6.07) is 0. The standard InChI is InChI=1S/C13H28/c1-8-11(6)12(7)13(9(2)3)10(4)5/h9-13H,8H2,1-7H3. The van der Waals surface area contributed by atoms with Gasteiger partial charge in [0.1, 0.15) is 0 Å². The molecule has 0 aromatic carbocycles. The van der Waals surface area contributed by atoms with Crippen LogP contribution in [0.1, 0.15) is 54.9 Å². The highest BCUT2D eigenvalue weighted by Crippen LogP contribution is 2.34. The summed E-state index contributed by atoms with van der Waals surface area (Å²) in [6.07, 6.45) is 1.32. The van der Waals surface area contributed by atoms with Crippen molar-refractivity contribution in [2.45, 2.75) is 54.9 Å². The Hall–Kier alpha value is 0. The van der Waals surface area contributed by atoms with Crippen LogP contribution in [0.2, 0.25) is 0 Å². The fraction of sp³-hybridized carbons (Fsp3) is 1.00. The smallest absolute Gasteiger partial charge is 0.0340 e. The van der Waals surface area contributed by atoms with Crippen LogP contribution in [-0.2, 0) is 0 Å². The summed E-state index contributed by atoms with van der Waals surface area (Å²) in [7, 11) is 0. The molecule has 0 aromatic heterocycles. The number of rotatable bonds is 5. The van der Waals surface area contributed by atoms with Crippen molar-refractivity contribution in [3.05, 3.63) is 0 Å². The van der Waals surface area contributed by atoms with Crippen LogP contribution in [0.4, 0.5) is 0 Å². The van der Waals surface area contributed by atoms with Crippen LogP contribution in [0.3, 0.4) is 0 Å². The first-order valence-electron chi connectivity index (χ1n) is 5.91. The minimum absolute atomic E-state index is 0.823. The molecule has 0 fully saturated rings. The van der Waals surface area contributed by atoms with E-state index in [9.17, 15) is 0 Å². The van der Waals surface area contributed by atoms with E-state index in [-0.39, 0.29) is 0 Å². The van der Waals surface area contributed by atoms with Gasteiger partial charge in [0.15, 0.2) is 0 Å². The highest BCUT2D eigenvalue weighted by Gasteiger charge is 2.26. The molecule has 13 heavy (non-hydrogen) atoms. The predicted molar refractivity (Wildman–Crippen MR) is 61.8 cm³/mol. The van der Waals surface area contributed by atoms with Gasteiger partial charge in [-0.2, -0.15) is 0 Å². The Morgan fingerprint density at radius 2 is 1.15 bits per heavy atom. The first-order valence-corrected chi connectivity index (χ1v) is 5.91.